The average Bonchev–Trinajstić information content (AvgIpc) is 2.77. The van der Waals surface area contributed by atoms with Crippen molar-refractivity contribution in [1.29, 1.82) is 0 Å². The SMILES string of the molecule is COc1c(C)cc(-c2cccc(F)c2)cc1N(C)c1c(C)ccc(OC(C(=O)O)C(C)C)c1C. The summed E-state index contributed by atoms with van der Waals surface area (Å²) in [5, 5.41) is 9.59. The third-order valence-electron chi connectivity index (χ3n) is 6.00. The van der Waals surface area contributed by atoms with Crippen LogP contribution in [-0.2, 0) is 4.79 Å². The summed E-state index contributed by atoms with van der Waals surface area (Å²) in [7, 11) is 3.56. The van der Waals surface area contributed by atoms with Gasteiger partial charge in [0.1, 0.15) is 17.3 Å². The van der Waals surface area contributed by atoms with Crippen LogP contribution in [0.1, 0.15) is 30.5 Å². The fraction of sp³-hybridized carbons (Fsp3) is 0.321. The van der Waals surface area contributed by atoms with Gasteiger partial charge in [-0.2, -0.15) is 0 Å². The Kier molecular flexibility index (Phi) is 7.50. The van der Waals surface area contributed by atoms with Gasteiger partial charge in [0, 0.05) is 18.5 Å². The molecule has 0 radical (unpaired) electrons. The molecular formula is C28H32FNO4. The lowest BCUT2D eigenvalue weighted by Gasteiger charge is -2.29. The highest BCUT2D eigenvalue weighted by atomic mass is 19.1. The standard InChI is InChI=1S/C28H32FNO4/c1-16(2)26(28(31)32)34-24-12-11-17(3)25(19(24)5)30(6)23-15-21(13-18(4)27(23)33-7)20-9-8-10-22(29)14-20/h8-16,26H,1-7H3,(H,31,32). The molecule has 0 saturated carbocycles. The number of hydrogen-bond acceptors (Lipinski definition) is 4. The molecule has 1 N–H and O–H groups in total. The van der Waals surface area contributed by atoms with Gasteiger partial charge in [-0.15, -0.1) is 0 Å². The molecule has 180 valence electrons. The van der Waals surface area contributed by atoms with E-state index in [1.807, 2.05) is 76.9 Å². The first-order chi connectivity index (χ1) is 16.0. The molecule has 0 amide bonds. The van der Waals surface area contributed by atoms with Crippen LogP contribution in [0.3, 0.4) is 0 Å². The first kappa shape index (κ1) is 25.1. The molecule has 3 aromatic rings. The fourth-order valence-corrected chi connectivity index (χ4v) is 4.29. The number of halogens is 1. The molecule has 34 heavy (non-hydrogen) atoms. The van der Waals surface area contributed by atoms with Crippen LogP contribution in [-0.4, -0.2) is 31.3 Å². The second-order valence-corrected chi connectivity index (χ2v) is 8.89. The van der Waals surface area contributed by atoms with Crippen LogP contribution >= 0.6 is 0 Å². The molecule has 0 aliphatic carbocycles. The zero-order chi connectivity index (χ0) is 25.2. The van der Waals surface area contributed by atoms with Gasteiger partial charge in [0.15, 0.2) is 6.10 Å². The van der Waals surface area contributed by atoms with Crippen LogP contribution < -0.4 is 14.4 Å². The Bertz CT molecular complexity index is 1210. The van der Waals surface area contributed by atoms with E-state index in [0.717, 1.165) is 39.2 Å². The maximum Gasteiger partial charge on any atom is 0.345 e. The van der Waals surface area contributed by atoms with Crippen LogP contribution in [0.25, 0.3) is 11.1 Å². The maximum absolute atomic E-state index is 13.9. The van der Waals surface area contributed by atoms with Gasteiger partial charge in [0.05, 0.1) is 18.5 Å². The van der Waals surface area contributed by atoms with Crippen molar-refractivity contribution >= 4 is 17.3 Å². The molecule has 0 heterocycles. The molecule has 0 spiro atoms. The van der Waals surface area contributed by atoms with Gasteiger partial charge in [-0.1, -0.05) is 32.0 Å². The van der Waals surface area contributed by atoms with Crippen LogP contribution in [0.5, 0.6) is 11.5 Å². The van der Waals surface area contributed by atoms with Gasteiger partial charge in [-0.05, 0) is 73.4 Å². The summed E-state index contributed by atoms with van der Waals surface area (Å²) in [5.74, 6) is -0.255. The number of methoxy groups -OCH3 is 1. The lowest BCUT2D eigenvalue weighted by molar-refractivity contribution is -0.147. The molecule has 1 atom stereocenters. The molecule has 0 aromatic heterocycles. The van der Waals surface area contributed by atoms with Crippen molar-refractivity contribution in [2.24, 2.45) is 5.92 Å². The van der Waals surface area contributed by atoms with Crippen molar-refractivity contribution in [3.8, 4) is 22.6 Å². The Morgan fingerprint density at radius 1 is 1.00 bits per heavy atom. The number of nitrogens with zero attached hydrogens (tertiary/aromatic N) is 1. The predicted molar refractivity (Wildman–Crippen MR) is 134 cm³/mol. The number of aliphatic carboxylic acids is 1. The van der Waals surface area contributed by atoms with Crippen molar-refractivity contribution in [2.45, 2.75) is 40.7 Å². The van der Waals surface area contributed by atoms with Crippen molar-refractivity contribution in [1.82, 2.24) is 0 Å². The highest BCUT2D eigenvalue weighted by molar-refractivity contribution is 5.81. The smallest absolute Gasteiger partial charge is 0.345 e. The minimum atomic E-state index is -0.995. The molecule has 0 aliphatic heterocycles. The van der Waals surface area contributed by atoms with Crippen molar-refractivity contribution in [2.75, 3.05) is 19.1 Å². The van der Waals surface area contributed by atoms with E-state index in [0.29, 0.717) is 11.5 Å². The van der Waals surface area contributed by atoms with E-state index >= 15 is 0 Å². The van der Waals surface area contributed by atoms with E-state index in [9.17, 15) is 14.3 Å². The predicted octanol–water partition coefficient (Wildman–Crippen LogP) is 6.68. The van der Waals surface area contributed by atoms with E-state index in [-0.39, 0.29) is 11.7 Å². The summed E-state index contributed by atoms with van der Waals surface area (Å²) in [6, 6.07) is 14.2. The van der Waals surface area contributed by atoms with E-state index in [1.54, 1.807) is 13.2 Å². The maximum atomic E-state index is 13.9. The molecule has 0 bridgehead atoms. The third-order valence-corrected chi connectivity index (χ3v) is 6.00. The van der Waals surface area contributed by atoms with E-state index in [4.69, 9.17) is 9.47 Å². The van der Waals surface area contributed by atoms with Gasteiger partial charge in [0.2, 0.25) is 0 Å². The largest absolute Gasteiger partial charge is 0.494 e. The van der Waals surface area contributed by atoms with Crippen LogP contribution in [0, 0.1) is 32.5 Å². The van der Waals surface area contributed by atoms with E-state index in [1.165, 1.54) is 12.1 Å². The monoisotopic (exact) mass is 465 g/mol. The lowest BCUT2D eigenvalue weighted by atomic mass is 9.99. The number of carbonyl (C=O) groups is 1. The molecule has 3 rings (SSSR count). The van der Waals surface area contributed by atoms with Crippen molar-refractivity contribution < 1.29 is 23.8 Å². The molecule has 0 fully saturated rings. The second-order valence-electron chi connectivity index (χ2n) is 8.89. The number of rotatable bonds is 8. The number of hydrogen-bond donors (Lipinski definition) is 1. The molecule has 6 heteroatoms. The van der Waals surface area contributed by atoms with Crippen LogP contribution in [0.15, 0.2) is 48.5 Å². The Balaban J connectivity index is 2.14. The van der Waals surface area contributed by atoms with Gasteiger partial charge in [-0.25, -0.2) is 9.18 Å². The van der Waals surface area contributed by atoms with Gasteiger partial charge in [-0.3, -0.25) is 0 Å². The van der Waals surface area contributed by atoms with Gasteiger partial charge < -0.3 is 19.5 Å². The molecular weight excluding hydrogens is 433 g/mol. The van der Waals surface area contributed by atoms with Crippen LogP contribution in [0.4, 0.5) is 15.8 Å². The second kappa shape index (κ2) is 10.2. The minimum absolute atomic E-state index is 0.190. The third kappa shape index (κ3) is 5.01. The summed E-state index contributed by atoms with van der Waals surface area (Å²) in [4.78, 5) is 13.7. The number of aryl methyl sites for hydroxylation is 2. The van der Waals surface area contributed by atoms with E-state index < -0.39 is 12.1 Å². The Labute approximate surface area is 200 Å². The molecule has 5 nitrogen and oxygen atoms in total. The number of benzene rings is 3. The zero-order valence-electron chi connectivity index (χ0n) is 20.8. The average molecular weight is 466 g/mol. The first-order valence-corrected chi connectivity index (χ1v) is 11.2. The number of carboxylic acids is 1. The van der Waals surface area contributed by atoms with Gasteiger partial charge in [0.25, 0.3) is 0 Å². The summed E-state index contributed by atoms with van der Waals surface area (Å²) < 4.78 is 25.6. The molecule has 0 aliphatic rings. The van der Waals surface area contributed by atoms with E-state index in [2.05, 4.69) is 0 Å². The van der Waals surface area contributed by atoms with Crippen molar-refractivity contribution in [3.63, 3.8) is 0 Å². The van der Waals surface area contributed by atoms with Crippen LogP contribution in [0.2, 0.25) is 0 Å². The number of ether oxygens (including phenoxy) is 2. The summed E-state index contributed by atoms with van der Waals surface area (Å²) in [6.07, 6.45) is -0.951. The highest BCUT2D eigenvalue weighted by Gasteiger charge is 2.26. The molecule has 3 aromatic carbocycles. The normalized spacial score (nSPS) is 11.9. The summed E-state index contributed by atoms with van der Waals surface area (Å²) >= 11 is 0. The number of carboxylic acid groups (broad SMARTS) is 1. The Hall–Kier alpha value is -3.54. The quantitative estimate of drug-likeness (QED) is 0.402. The summed E-state index contributed by atoms with van der Waals surface area (Å²) in [6.45, 7) is 9.51. The zero-order valence-corrected chi connectivity index (χ0v) is 20.8. The van der Waals surface area contributed by atoms with Gasteiger partial charge >= 0.3 is 5.97 Å². The topological polar surface area (TPSA) is 59.0 Å². The highest BCUT2D eigenvalue weighted by Crippen LogP contribution is 2.42. The first-order valence-electron chi connectivity index (χ1n) is 11.2. The molecule has 0 saturated heterocycles. The lowest BCUT2D eigenvalue weighted by Crippen LogP contribution is -2.32. The van der Waals surface area contributed by atoms with Crippen molar-refractivity contribution in [3.05, 3.63) is 71.0 Å². The fourth-order valence-electron chi connectivity index (χ4n) is 4.29. The number of anilines is 2. The minimum Gasteiger partial charge on any atom is -0.494 e. The summed E-state index contributed by atoms with van der Waals surface area (Å²) in [5.41, 5.74) is 6.08. The Morgan fingerprint density at radius 3 is 2.29 bits per heavy atom. The molecule has 1 unspecified atom stereocenters. The Morgan fingerprint density at radius 2 is 1.71 bits per heavy atom.